The summed E-state index contributed by atoms with van der Waals surface area (Å²) in [6.07, 6.45) is 3.83. The fourth-order valence-corrected chi connectivity index (χ4v) is 3.63. The Kier molecular flexibility index (Phi) is 7.30. The quantitative estimate of drug-likeness (QED) is 0.724. The molecule has 0 spiro atoms. The number of likely N-dealkylation sites (tertiary alicyclic amines) is 1. The molecule has 0 aromatic heterocycles. The Balaban J connectivity index is 1.52. The van der Waals surface area contributed by atoms with Crippen LogP contribution in [0, 0.1) is 0 Å². The number of methoxy groups -OCH3 is 2. The molecule has 0 aliphatic carbocycles. The summed E-state index contributed by atoms with van der Waals surface area (Å²) in [5.41, 5.74) is 2.93. The number of nitrogens with zero attached hydrogens (tertiary/aromatic N) is 1. The van der Waals surface area contributed by atoms with E-state index in [4.69, 9.17) is 9.47 Å². The van der Waals surface area contributed by atoms with Crippen LogP contribution in [0.1, 0.15) is 30.9 Å². The van der Waals surface area contributed by atoms with E-state index in [1.165, 1.54) is 5.56 Å². The average Bonchev–Trinajstić information content (AvgIpc) is 2.75. The number of nitrogens with one attached hydrogen (secondary N) is 1. The van der Waals surface area contributed by atoms with Gasteiger partial charge < -0.3 is 14.8 Å². The number of piperidine rings is 1. The van der Waals surface area contributed by atoms with E-state index in [9.17, 15) is 4.79 Å². The zero-order chi connectivity index (χ0) is 20.6. The summed E-state index contributed by atoms with van der Waals surface area (Å²) in [5.74, 6) is 1.32. The van der Waals surface area contributed by atoms with Crippen molar-refractivity contribution in [1.82, 2.24) is 10.2 Å². The molecule has 5 heteroatoms. The van der Waals surface area contributed by atoms with Crippen molar-refractivity contribution >= 4 is 12.0 Å². The Labute approximate surface area is 173 Å². The summed E-state index contributed by atoms with van der Waals surface area (Å²) in [5, 5.41) is 3.18. The van der Waals surface area contributed by atoms with Crippen molar-refractivity contribution in [2.75, 3.05) is 27.3 Å². The summed E-state index contributed by atoms with van der Waals surface area (Å²) < 4.78 is 10.6. The molecule has 0 saturated carbocycles. The van der Waals surface area contributed by atoms with Gasteiger partial charge in [0.2, 0.25) is 5.91 Å². The Morgan fingerprint density at radius 1 is 1.07 bits per heavy atom. The second-order valence-corrected chi connectivity index (χ2v) is 7.45. The van der Waals surface area contributed by atoms with E-state index in [1.807, 2.05) is 37.3 Å². The number of ether oxygens (including phenoxy) is 2. The maximum absolute atomic E-state index is 12.6. The van der Waals surface area contributed by atoms with E-state index < -0.39 is 0 Å². The lowest BCUT2D eigenvalue weighted by molar-refractivity contribution is -0.118. The van der Waals surface area contributed by atoms with Gasteiger partial charge in [-0.05, 0) is 49.1 Å². The van der Waals surface area contributed by atoms with Gasteiger partial charge in [-0.2, -0.15) is 0 Å². The van der Waals surface area contributed by atoms with Gasteiger partial charge in [0.1, 0.15) is 0 Å². The maximum atomic E-state index is 12.6. The Bertz CT molecular complexity index is 840. The normalized spacial score (nSPS) is 15.8. The summed E-state index contributed by atoms with van der Waals surface area (Å²) in [7, 11) is 3.21. The van der Waals surface area contributed by atoms with Gasteiger partial charge in [0.15, 0.2) is 11.5 Å². The third-order valence-corrected chi connectivity index (χ3v) is 5.32. The molecule has 2 aromatic rings. The lowest BCUT2D eigenvalue weighted by Crippen LogP contribution is -2.44. The highest BCUT2D eigenvalue weighted by Crippen LogP contribution is 2.28. The number of amides is 1. The van der Waals surface area contributed by atoms with Crippen LogP contribution in [0.3, 0.4) is 0 Å². The Morgan fingerprint density at radius 2 is 1.76 bits per heavy atom. The molecule has 0 radical (unpaired) electrons. The van der Waals surface area contributed by atoms with Crippen LogP contribution in [0.15, 0.2) is 54.1 Å². The first kappa shape index (κ1) is 20.9. The van der Waals surface area contributed by atoms with Crippen LogP contribution in [0.2, 0.25) is 0 Å². The summed E-state index contributed by atoms with van der Waals surface area (Å²) >= 11 is 0. The number of benzene rings is 2. The molecule has 1 heterocycles. The van der Waals surface area contributed by atoms with Crippen LogP contribution >= 0.6 is 0 Å². The number of rotatable bonds is 7. The van der Waals surface area contributed by atoms with Gasteiger partial charge in [-0.25, -0.2) is 0 Å². The number of hydrogen-bond donors (Lipinski definition) is 1. The van der Waals surface area contributed by atoms with Crippen LogP contribution in [-0.4, -0.2) is 44.2 Å². The number of carbonyl (C=O) groups is 1. The van der Waals surface area contributed by atoms with Gasteiger partial charge in [0.05, 0.1) is 14.2 Å². The van der Waals surface area contributed by atoms with Crippen LogP contribution < -0.4 is 14.8 Å². The lowest BCUT2D eigenvalue weighted by Gasteiger charge is -2.32. The van der Waals surface area contributed by atoms with E-state index in [0.29, 0.717) is 17.1 Å². The van der Waals surface area contributed by atoms with Gasteiger partial charge in [0, 0.05) is 31.2 Å². The molecule has 1 aliphatic heterocycles. The second kappa shape index (κ2) is 10.1. The predicted octanol–water partition coefficient (Wildman–Crippen LogP) is 3.89. The number of hydrogen-bond acceptors (Lipinski definition) is 4. The van der Waals surface area contributed by atoms with E-state index in [0.717, 1.165) is 38.0 Å². The van der Waals surface area contributed by atoms with Crippen LogP contribution in [0.25, 0.3) is 6.08 Å². The van der Waals surface area contributed by atoms with Crippen molar-refractivity contribution in [3.63, 3.8) is 0 Å². The zero-order valence-electron chi connectivity index (χ0n) is 17.5. The van der Waals surface area contributed by atoms with Crippen LogP contribution in [0.4, 0.5) is 0 Å². The van der Waals surface area contributed by atoms with Gasteiger partial charge in [-0.3, -0.25) is 9.69 Å². The zero-order valence-corrected chi connectivity index (χ0v) is 17.5. The van der Waals surface area contributed by atoms with Crippen molar-refractivity contribution in [2.24, 2.45) is 0 Å². The highest BCUT2D eigenvalue weighted by Gasteiger charge is 2.21. The molecule has 2 aromatic carbocycles. The topological polar surface area (TPSA) is 50.8 Å². The maximum Gasteiger partial charge on any atom is 0.247 e. The minimum Gasteiger partial charge on any atom is -0.493 e. The molecule has 1 fully saturated rings. The SMILES string of the molecule is COc1ccc(/C=C(\C)C(=O)NC2CCN(Cc3ccccc3)CC2)cc1OC. The highest BCUT2D eigenvalue weighted by molar-refractivity contribution is 5.97. The molecule has 1 aliphatic rings. The first-order valence-corrected chi connectivity index (χ1v) is 10.1. The highest BCUT2D eigenvalue weighted by atomic mass is 16.5. The third-order valence-electron chi connectivity index (χ3n) is 5.32. The minimum absolute atomic E-state index is 0.0127. The summed E-state index contributed by atoms with van der Waals surface area (Å²) in [6.45, 7) is 4.81. The van der Waals surface area contributed by atoms with Crippen LogP contribution in [-0.2, 0) is 11.3 Å². The van der Waals surface area contributed by atoms with E-state index in [-0.39, 0.29) is 11.9 Å². The van der Waals surface area contributed by atoms with Crippen molar-refractivity contribution in [3.8, 4) is 11.5 Å². The fourth-order valence-electron chi connectivity index (χ4n) is 3.63. The average molecular weight is 395 g/mol. The largest absolute Gasteiger partial charge is 0.493 e. The van der Waals surface area contributed by atoms with Crippen LogP contribution in [0.5, 0.6) is 11.5 Å². The van der Waals surface area contributed by atoms with Gasteiger partial charge >= 0.3 is 0 Å². The lowest BCUT2D eigenvalue weighted by atomic mass is 10.0. The third kappa shape index (κ3) is 5.84. The number of carbonyl (C=O) groups excluding carboxylic acids is 1. The minimum atomic E-state index is -0.0127. The molecule has 5 nitrogen and oxygen atoms in total. The molecular formula is C24H30N2O3. The van der Waals surface area contributed by atoms with Gasteiger partial charge in [0.25, 0.3) is 0 Å². The second-order valence-electron chi connectivity index (χ2n) is 7.45. The molecule has 1 amide bonds. The van der Waals surface area contributed by atoms with Gasteiger partial charge in [-0.1, -0.05) is 36.4 Å². The summed E-state index contributed by atoms with van der Waals surface area (Å²) in [6, 6.07) is 16.4. The molecule has 0 unspecified atom stereocenters. The molecule has 29 heavy (non-hydrogen) atoms. The first-order valence-electron chi connectivity index (χ1n) is 10.1. The Hall–Kier alpha value is -2.79. The van der Waals surface area contributed by atoms with Crippen molar-refractivity contribution in [1.29, 1.82) is 0 Å². The molecular weight excluding hydrogens is 364 g/mol. The predicted molar refractivity (Wildman–Crippen MR) is 116 cm³/mol. The molecule has 3 rings (SSSR count). The molecule has 154 valence electrons. The standard InChI is InChI=1S/C24H30N2O3/c1-18(15-20-9-10-22(28-2)23(16-20)29-3)24(27)25-21-11-13-26(14-12-21)17-19-7-5-4-6-8-19/h4-10,15-16,21H,11-14,17H2,1-3H3,(H,25,27)/b18-15+. The van der Waals surface area contributed by atoms with E-state index >= 15 is 0 Å². The van der Waals surface area contributed by atoms with Crippen molar-refractivity contribution in [2.45, 2.75) is 32.4 Å². The first-order chi connectivity index (χ1) is 14.1. The van der Waals surface area contributed by atoms with Crippen molar-refractivity contribution in [3.05, 3.63) is 65.2 Å². The van der Waals surface area contributed by atoms with E-state index in [1.54, 1.807) is 14.2 Å². The smallest absolute Gasteiger partial charge is 0.247 e. The molecule has 0 atom stereocenters. The summed E-state index contributed by atoms with van der Waals surface area (Å²) in [4.78, 5) is 15.1. The Morgan fingerprint density at radius 3 is 2.41 bits per heavy atom. The molecule has 1 N–H and O–H groups in total. The monoisotopic (exact) mass is 394 g/mol. The fraction of sp³-hybridized carbons (Fsp3) is 0.375. The van der Waals surface area contributed by atoms with Gasteiger partial charge in [-0.15, -0.1) is 0 Å². The van der Waals surface area contributed by atoms with Crippen molar-refractivity contribution < 1.29 is 14.3 Å². The van der Waals surface area contributed by atoms with E-state index in [2.05, 4.69) is 34.5 Å². The molecule has 0 bridgehead atoms. The molecule has 1 saturated heterocycles.